The molecular formula is C11H12ClFN4O. The van der Waals surface area contributed by atoms with E-state index in [4.69, 9.17) is 11.6 Å². The summed E-state index contributed by atoms with van der Waals surface area (Å²) < 4.78 is 13.8. The summed E-state index contributed by atoms with van der Waals surface area (Å²) >= 11 is 5.71. The number of hydrogen-bond donors (Lipinski definition) is 1. The Bertz CT molecular complexity index is 498. The largest absolute Gasteiger partial charge is 0.354 e. The SMILES string of the molecule is O=C1NCC2C1CCCN2c1nc(Cl)ncc1F. The highest BCUT2D eigenvalue weighted by molar-refractivity contribution is 6.28. The molecule has 5 nitrogen and oxygen atoms in total. The van der Waals surface area contributed by atoms with Crippen molar-refractivity contribution in [2.45, 2.75) is 18.9 Å². The van der Waals surface area contributed by atoms with Gasteiger partial charge in [0.2, 0.25) is 11.2 Å². The van der Waals surface area contributed by atoms with E-state index in [0.29, 0.717) is 13.1 Å². The molecule has 0 aromatic carbocycles. The highest BCUT2D eigenvalue weighted by Gasteiger charge is 2.42. The van der Waals surface area contributed by atoms with Gasteiger partial charge in [-0.2, -0.15) is 4.98 Å². The van der Waals surface area contributed by atoms with Crippen LogP contribution in [0.4, 0.5) is 10.2 Å². The number of piperidine rings is 1. The van der Waals surface area contributed by atoms with Crippen LogP contribution < -0.4 is 10.2 Å². The number of nitrogens with one attached hydrogen (secondary N) is 1. The Labute approximate surface area is 108 Å². The molecule has 3 heterocycles. The molecule has 1 N–H and O–H groups in total. The fourth-order valence-corrected chi connectivity index (χ4v) is 2.88. The maximum Gasteiger partial charge on any atom is 0.225 e. The number of amides is 1. The molecule has 0 saturated carbocycles. The van der Waals surface area contributed by atoms with Gasteiger partial charge in [0.1, 0.15) is 0 Å². The van der Waals surface area contributed by atoms with Gasteiger partial charge in [0.05, 0.1) is 18.2 Å². The van der Waals surface area contributed by atoms with Crippen LogP contribution >= 0.6 is 11.6 Å². The number of carbonyl (C=O) groups is 1. The number of rotatable bonds is 1. The summed E-state index contributed by atoms with van der Waals surface area (Å²) in [4.78, 5) is 21.0. The first-order chi connectivity index (χ1) is 8.66. The molecule has 2 saturated heterocycles. The predicted octanol–water partition coefficient (Wildman–Crippen LogP) is 0.984. The molecule has 1 aromatic rings. The lowest BCUT2D eigenvalue weighted by molar-refractivity contribution is -0.123. The molecule has 2 atom stereocenters. The van der Waals surface area contributed by atoms with E-state index in [2.05, 4.69) is 15.3 Å². The Hall–Kier alpha value is -1.43. The highest BCUT2D eigenvalue weighted by atomic mass is 35.5. The van der Waals surface area contributed by atoms with Gasteiger partial charge in [-0.15, -0.1) is 0 Å². The lowest BCUT2D eigenvalue weighted by Crippen LogP contribution is -2.46. The van der Waals surface area contributed by atoms with Crippen molar-refractivity contribution in [3.05, 3.63) is 17.3 Å². The number of nitrogens with zero attached hydrogens (tertiary/aromatic N) is 3. The molecule has 1 amide bonds. The molecule has 0 spiro atoms. The average Bonchev–Trinajstić information content (AvgIpc) is 2.75. The third kappa shape index (κ3) is 1.80. The zero-order valence-corrected chi connectivity index (χ0v) is 10.3. The number of anilines is 1. The van der Waals surface area contributed by atoms with E-state index in [9.17, 15) is 9.18 Å². The lowest BCUT2D eigenvalue weighted by atomic mass is 9.91. The van der Waals surface area contributed by atoms with Crippen LogP contribution in [0.15, 0.2) is 6.20 Å². The van der Waals surface area contributed by atoms with Crippen LogP contribution in [0.25, 0.3) is 0 Å². The Balaban J connectivity index is 1.95. The Morgan fingerprint density at radius 2 is 2.39 bits per heavy atom. The summed E-state index contributed by atoms with van der Waals surface area (Å²) in [6.45, 7) is 1.21. The second-order valence-electron chi connectivity index (χ2n) is 4.57. The fourth-order valence-electron chi connectivity index (χ4n) is 2.75. The van der Waals surface area contributed by atoms with Crippen LogP contribution in [0, 0.1) is 11.7 Å². The van der Waals surface area contributed by atoms with Crippen molar-refractivity contribution in [3.63, 3.8) is 0 Å². The molecule has 96 valence electrons. The minimum Gasteiger partial charge on any atom is -0.354 e. The summed E-state index contributed by atoms with van der Waals surface area (Å²) in [6.07, 6.45) is 2.75. The lowest BCUT2D eigenvalue weighted by Gasteiger charge is -2.36. The van der Waals surface area contributed by atoms with Crippen LogP contribution in [0.2, 0.25) is 5.28 Å². The van der Waals surface area contributed by atoms with Crippen LogP contribution in [0.3, 0.4) is 0 Å². The van der Waals surface area contributed by atoms with E-state index in [1.54, 1.807) is 0 Å². The van der Waals surface area contributed by atoms with Crippen molar-refractivity contribution in [2.24, 2.45) is 5.92 Å². The third-order valence-corrected chi connectivity index (χ3v) is 3.75. The monoisotopic (exact) mass is 270 g/mol. The molecule has 3 rings (SSSR count). The fraction of sp³-hybridized carbons (Fsp3) is 0.545. The standard InChI is InChI=1S/C11H12ClFN4O/c12-11-15-4-7(13)9(16-11)17-3-1-2-6-8(17)5-14-10(6)18/h4,6,8H,1-3,5H2,(H,14,18). The molecule has 2 unspecified atom stereocenters. The van der Waals surface area contributed by atoms with Crippen molar-refractivity contribution < 1.29 is 9.18 Å². The van der Waals surface area contributed by atoms with Crippen LogP contribution in [-0.4, -0.2) is 35.0 Å². The van der Waals surface area contributed by atoms with Gasteiger partial charge in [0, 0.05) is 13.1 Å². The second-order valence-corrected chi connectivity index (χ2v) is 4.90. The van der Waals surface area contributed by atoms with Gasteiger partial charge in [-0.3, -0.25) is 4.79 Å². The predicted molar refractivity (Wildman–Crippen MR) is 63.9 cm³/mol. The number of aromatic nitrogens is 2. The molecule has 18 heavy (non-hydrogen) atoms. The van der Waals surface area contributed by atoms with Crippen LogP contribution in [0.1, 0.15) is 12.8 Å². The normalized spacial score (nSPS) is 27.0. The quantitative estimate of drug-likeness (QED) is 0.773. The number of fused-ring (bicyclic) bond motifs is 1. The Morgan fingerprint density at radius 1 is 1.56 bits per heavy atom. The van der Waals surface area contributed by atoms with Crippen molar-refractivity contribution in [1.29, 1.82) is 0 Å². The van der Waals surface area contributed by atoms with Gasteiger partial charge in [0.15, 0.2) is 11.6 Å². The van der Waals surface area contributed by atoms with Gasteiger partial charge in [-0.25, -0.2) is 9.37 Å². The summed E-state index contributed by atoms with van der Waals surface area (Å²) in [7, 11) is 0. The number of carbonyl (C=O) groups excluding carboxylic acids is 1. The van der Waals surface area contributed by atoms with Crippen LogP contribution in [-0.2, 0) is 4.79 Å². The smallest absolute Gasteiger partial charge is 0.225 e. The van der Waals surface area contributed by atoms with E-state index in [1.165, 1.54) is 0 Å². The van der Waals surface area contributed by atoms with E-state index >= 15 is 0 Å². The van der Waals surface area contributed by atoms with E-state index in [1.807, 2.05) is 4.90 Å². The minimum atomic E-state index is -0.501. The van der Waals surface area contributed by atoms with E-state index in [0.717, 1.165) is 19.0 Å². The molecule has 7 heteroatoms. The van der Waals surface area contributed by atoms with Gasteiger partial charge in [0.25, 0.3) is 0 Å². The molecular weight excluding hydrogens is 259 g/mol. The maximum atomic E-state index is 13.8. The zero-order chi connectivity index (χ0) is 12.7. The molecule has 0 bridgehead atoms. The Kier molecular flexibility index (Phi) is 2.81. The molecule has 0 radical (unpaired) electrons. The molecule has 2 fully saturated rings. The first-order valence-electron chi connectivity index (χ1n) is 5.89. The number of hydrogen-bond acceptors (Lipinski definition) is 4. The van der Waals surface area contributed by atoms with Crippen molar-refractivity contribution in [1.82, 2.24) is 15.3 Å². The van der Waals surface area contributed by atoms with Gasteiger partial charge in [-0.1, -0.05) is 0 Å². The Morgan fingerprint density at radius 3 is 3.22 bits per heavy atom. The first kappa shape index (κ1) is 11.6. The van der Waals surface area contributed by atoms with Gasteiger partial charge < -0.3 is 10.2 Å². The molecule has 1 aromatic heterocycles. The van der Waals surface area contributed by atoms with Crippen molar-refractivity contribution >= 4 is 23.3 Å². The number of halogens is 2. The van der Waals surface area contributed by atoms with E-state index < -0.39 is 5.82 Å². The zero-order valence-electron chi connectivity index (χ0n) is 9.57. The summed E-state index contributed by atoms with van der Waals surface area (Å²) in [5.41, 5.74) is 0. The summed E-state index contributed by atoms with van der Waals surface area (Å²) in [5.74, 6) is -0.335. The maximum absolute atomic E-state index is 13.8. The first-order valence-corrected chi connectivity index (χ1v) is 6.27. The minimum absolute atomic E-state index is 0.0193. The van der Waals surface area contributed by atoms with E-state index in [-0.39, 0.29) is 29.0 Å². The molecule has 2 aliphatic heterocycles. The topological polar surface area (TPSA) is 58.1 Å². The molecule has 0 aliphatic carbocycles. The van der Waals surface area contributed by atoms with Crippen molar-refractivity contribution in [3.8, 4) is 0 Å². The third-order valence-electron chi connectivity index (χ3n) is 3.57. The average molecular weight is 271 g/mol. The summed E-state index contributed by atoms with van der Waals surface area (Å²) in [5, 5.41) is 2.84. The van der Waals surface area contributed by atoms with Gasteiger partial charge in [-0.05, 0) is 24.4 Å². The van der Waals surface area contributed by atoms with Crippen molar-refractivity contribution in [2.75, 3.05) is 18.0 Å². The molecule has 2 aliphatic rings. The summed E-state index contributed by atoms with van der Waals surface area (Å²) in [6, 6.07) is -0.0354. The van der Waals surface area contributed by atoms with Gasteiger partial charge >= 0.3 is 0 Å². The second kappa shape index (κ2) is 4.35. The van der Waals surface area contributed by atoms with Crippen LogP contribution in [0.5, 0.6) is 0 Å². The highest BCUT2D eigenvalue weighted by Crippen LogP contribution is 2.31.